The van der Waals surface area contributed by atoms with E-state index in [9.17, 15) is 19.5 Å². The molecule has 1 saturated heterocycles. The average Bonchev–Trinajstić information content (AvgIpc) is 3.14. The Morgan fingerprint density at radius 2 is 1.60 bits per heavy atom. The summed E-state index contributed by atoms with van der Waals surface area (Å²) in [6.07, 6.45) is 13.0. The third-order valence-corrected chi connectivity index (χ3v) is 20.8. The Morgan fingerprint density at radius 1 is 0.962 bits per heavy atom. The normalized spacial score (nSPS) is 31.4. The summed E-state index contributed by atoms with van der Waals surface area (Å²) in [5, 5.41) is 15.7. The number of cyclic esters (lactones) is 1. The number of amides is 1. The second-order valence-corrected chi connectivity index (χ2v) is 24.8. The van der Waals surface area contributed by atoms with Crippen molar-refractivity contribution >= 4 is 34.8 Å². The summed E-state index contributed by atoms with van der Waals surface area (Å²) in [6.45, 7) is 23.6. The smallest absolute Gasteiger partial charge is 0.331 e. The van der Waals surface area contributed by atoms with Crippen molar-refractivity contribution in [1.82, 2.24) is 5.32 Å². The summed E-state index contributed by atoms with van der Waals surface area (Å²) in [7, 11) is -4.50. The maximum absolute atomic E-state index is 13.3. The predicted octanol–water partition coefficient (Wildman–Crippen LogP) is 9.17. The number of rotatable bonds is 11. The summed E-state index contributed by atoms with van der Waals surface area (Å²) >= 11 is 0. The molecule has 5 atom stereocenters. The van der Waals surface area contributed by atoms with Crippen LogP contribution in [0, 0.1) is 0 Å². The van der Waals surface area contributed by atoms with Gasteiger partial charge in [0.2, 0.25) is 5.91 Å². The van der Waals surface area contributed by atoms with Crippen molar-refractivity contribution in [2.75, 3.05) is 6.54 Å². The van der Waals surface area contributed by atoms with Crippen molar-refractivity contribution in [3.63, 3.8) is 0 Å². The molecule has 300 valence electrons. The summed E-state index contributed by atoms with van der Waals surface area (Å²) in [6, 6.07) is 5.54. The topological polar surface area (TPSA) is 120 Å². The first-order valence-electron chi connectivity index (χ1n) is 20.1. The minimum Gasteiger partial charge on any atom is -0.451 e. The molecular formula is C42H71NO8Si2. The number of carbonyl (C=O) groups is 3. The molecule has 1 fully saturated rings. The van der Waals surface area contributed by atoms with Crippen LogP contribution in [0.15, 0.2) is 59.8 Å². The Hall–Kier alpha value is -2.42. The Bertz CT molecular complexity index is 1320. The average molecular weight is 774 g/mol. The zero-order valence-electron chi connectivity index (χ0n) is 34.4. The van der Waals surface area contributed by atoms with Crippen molar-refractivity contribution in [3.8, 4) is 0 Å². The Morgan fingerprint density at radius 3 is 2.21 bits per heavy atom. The molecule has 0 aromatic carbocycles. The lowest BCUT2D eigenvalue weighted by Crippen LogP contribution is -2.69. The number of aldehydes is 1. The van der Waals surface area contributed by atoms with Crippen molar-refractivity contribution in [1.29, 1.82) is 0 Å². The van der Waals surface area contributed by atoms with E-state index in [1.165, 1.54) is 6.08 Å². The summed E-state index contributed by atoms with van der Waals surface area (Å²) < 4.78 is 26.8. The van der Waals surface area contributed by atoms with Gasteiger partial charge in [0.1, 0.15) is 6.10 Å². The van der Waals surface area contributed by atoms with Gasteiger partial charge < -0.3 is 28.7 Å². The predicted molar refractivity (Wildman–Crippen MR) is 219 cm³/mol. The highest BCUT2D eigenvalue weighted by atomic mass is 28.4. The van der Waals surface area contributed by atoms with Gasteiger partial charge in [-0.15, -0.1) is 0 Å². The van der Waals surface area contributed by atoms with Gasteiger partial charge in [0.05, 0.1) is 11.7 Å². The van der Waals surface area contributed by atoms with Crippen LogP contribution in [-0.4, -0.2) is 76.1 Å². The summed E-state index contributed by atoms with van der Waals surface area (Å²) in [5.74, 6) is -2.50. The Labute approximate surface area is 323 Å². The molecule has 0 aromatic rings. The number of nitrogens with one attached hydrogen (secondary N) is 1. The number of allylic oxidation sites excluding steroid dienone is 6. The van der Waals surface area contributed by atoms with Crippen molar-refractivity contribution in [2.24, 2.45) is 0 Å². The zero-order valence-corrected chi connectivity index (χ0v) is 36.4. The zero-order chi connectivity index (χ0) is 39.7. The van der Waals surface area contributed by atoms with E-state index in [0.29, 0.717) is 44.9 Å². The third-order valence-electron chi connectivity index (χ3n) is 11.5. The van der Waals surface area contributed by atoms with Crippen molar-refractivity contribution < 1.29 is 37.8 Å². The Balaban J connectivity index is 2.57. The monoisotopic (exact) mass is 773 g/mol. The molecular weight excluding hydrogens is 703 g/mol. The fourth-order valence-corrected chi connectivity index (χ4v) is 13.6. The van der Waals surface area contributed by atoms with Gasteiger partial charge in [0, 0.05) is 38.3 Å². The first-order chi connectivity index (χ1) is 25.1. The molecule has 53 heavy (non-hydrogen) atoms. The molecule has 11 heteroatoms. The van der Waals surface area contributed by atoms with E-state index >= 15 is 0 Å². The minimum absolute atomic E-state index is 0.0684. The fraction of sp³-hybridized carbons (Fsp3) is 0.690. The number of hydrogen-bond donors (Lipinski definition) is 2. The van der Waals surface area contributed by atoms with Gasteiger partial charge in [0.25, 0.3) is 0 Å². The van der Waals surface area contributed by atoms with Gasteiger partial charge in [-0.3, -0.25) is 9.59 Å². The standard InChI is InChI=1S/C42H71NO8Si2/c1-11-52(12-2,13-3)50-40-41(10,51-53(14-4,15-5)16-6)31-36-22-19-21-35(9)30-37(32-44)48-39(46)26-25-34(8)24-23-33(7)20-17-18-29-43-38(45)27-28-42(40,47)49-36/h17-18,21,24-26,32,36-37,40,47H,7,11-16,19-20,22-23,27-31H2,1-6,8-10H3,(H,43,45)/b18-17+,26-25+,34-24+,35-21-/t36-,37+,40-,41+,42+/m1/s1. The summed E-state index contributed by atoms with van der Waals surface area (Å²) in [5.41, 5.74) is 1.93. The largest absolute Gasteiger partial charge is 0.451 e. The van der Waals surface area contributed by atoms with Gasteiger partial charge in [0.15, 0.2) is 34.8 Å². The number of fused-ring (bicyclic) bond motifs is 2. The quantitative estimate of drug-likeness (QED) is 0.0924. The molecule has 2 N–H and O–H groups in total. The highest BCUT2D eigenvalue weighted by Crippen LogP contribution is 2.47. The number of ether oxygens (including phenoxy) is 2. The molecule has 2 heterocycles. The van der Waals surface area contributed by atoms with Crippen LogP contribution in [0.5, 0.6) is 0 Å². The van der Waals surface area contributed by atoms with Crippen LogP contribution in [0.25, 0.3) is 0 Å². The molecule has 2 aliphatic heterocycles. The van der Waals surface area contributed by atoms with E-state index in [-0.39, 0.29) is 31.3 Å². The van der Waals surface area contributed by atoms with E-state index in [1.807, 2.05) is 38.2 Å². The second kappa shape index (κ2) is 22.2. The molecule has 0 aliphatic carbocycles. The molecule has 0 unspecified atom stereocenters. The van der Waals surface area contributed by atoms with Crippen LogP contribution in [-0.2, 0) is 32.7 Å². The molecule has 0 radical (unpaired) electrons. The molecule has 0 aromatic heterocycles. The maximum Gasteiger partial charge on any atom is 0.331 e. The van der Waals surface area contributed by atoms with E-state index in [1.54, 1.807) is 6.08 Å². The van der Waals surface area contributed by atoms with Crippen molar-refractivity contribution in [2.45, 2.75) is 180 Å². The van der Waals surface area contributed by atoms with E-state index < -0.39 is 46.2 Å². The Kier molecular flexibility index (Phi) is 19.6. The van der Waals surface area contributed by atoms with Gasteiger partial charge in [-0.05, 0) is 82.7 Å². The van der Waals surface area contributed by atoms with Gasteiger partial charge >= 0.3 is 5.97 Å². The van der Waals surface area contributed by atoms with Crippen LogP contribution in [0.1, 0.15) is 114 Å². The molecule has 9 nitrogen and oxygen atoms in total. The molecule has 2 aliphatic rings. The first kappa shape index (κ1) is 46.7. The molecule has 1 amide bonds. The first-order valence-corrected chi connectivity index (χ1v) is 25.2. The molecule has 0 spiro atoms. The van der Waals surface area contributed by atoms with E-state index in [4.69, 9.17) is 18.3 Å². The van der Waals surface area contributed by atoms with E-state index in [0.717, 1.165) is 53.0 Å². The molecule has 2 rings (SSSR count). The van der Waals surface area contributed by atoms with Crippen LogP contribution in [0.4, 0.5) is 0 Å². The number of hydrogen-bond acceptors (Lipinski definition) is 8. The molecule has 0 saturated carbocycles. The second-order valence-electron chi connectivity index (χ2n) is 15.3. The molecule has 2 bridgehead atoms. The van der Waals surface area contributed by atoms with Gasteiger partial charge in [-0.1, -0.05) is 95.2 Å². The lowest BCUT2D eigenvalue weighted by Gasteiger charge is -2.57. The highest BCUT2D eigenvalue weighted by Gasteiger charge is 2.60. The fourth-order valence-electron chi connectivity index (χ4n) is 7.57. The van der Waals surface area contributed by atoms with Crippen molar-refractivity contribution in [3.05, 3.63) is 59.8 Å². The summed E-state index contributed by atoms with van der Waals surface area (Å²) in [4.78, 5) is 37.7. The lowest BCUT2D eigenvalue weighted by molar-refractivity contribution is -0.337. The van der Waals surface area contributed by atoms with Crippen LogP contribution >= 0.6 is 0 Å². The minimum atomic E-state index is -2.29. The highest BCUT2D eigenvalue weighted by molar-refractivity contribution is 6.74. The van der Waals surface area contributed by atoms with Gasteiger partial charge in [-0.2, -0.15) is 0 Å². The van der Waals surface area contributed by atoms with E-state index in [2.05, 4.69) is 60.4 Å². The van der Waals surface area contributed by atoms with Crippen LogP contribution in [0.2, 0.25) is 36.3 Å². The number of aliphatic hydroxyl groups is 1. The lowest BCUT2D eigenvalue weighted by atomic mass is 9.81. The number of carbonyl (C=O) groups excluding carboxylic acids is 3. The van der Waals surface area contributed by atoms with Crippen LogP contribution in [0.3, 0.4) is 0 Å². The van der Waals surface area contributed by atoms with Crippen LogP contribution < -0.4 is 5.32 Å². The third kappa shape index (κ3) is 14.3. The van der Waals surface area contributed by atoms with Gasteiger partial charge in [-0.25, -0.2) is 4.79 Å². The SMILES string of the molecule is C=C1C/C=C/CNC(=O)CC[C@]2(O)O[C@H](CC/C=C(/C)C[C@@H](C=O)OC(=O)/C=C/C(C)=C/C1)C[C@](C)(O[Si](CC)(CC)CC)[C@H]2O[Si](CC)(CC)CC. The maximum atomic E-state index is 13.3. The number of esters is 1.